The second kappa shape index (κ2) is 5.34. The van der Waals surface area contributed by atoms with Crippen LogP contribution in [0.5, 0.6) is 0 Å². The van der Waals surface area contributed by atoms with Crippen LogP contribution in [0.1, 0.15) is 51.2 Å². The van der Waals surface area contributed by atoms with E-state index in [1.54, 1.807) is 0 Å². The van der Waals surface area contributed by atoms with Gasteiger partial charge in [0.1, 0.15) is 0 Å². The van der Waals surface area contributed by atoms with Gasteiger partial charge in [0.05, 0.1) is 6.10 Å². The summed E-state index contributed by atoms with van der Waals surface area (Å²) in [5.41, 5.74) is 3.98. The van der Waals surface area contributed by atoms with Crippen molar-refractivity contribution in [2.45, 2.75) is 51.6 Å². The van der Waals surface area contributed by atoms with Gasteiger partial charge in [-0.2, -0.15) is 0 Å². The Morgan fingerprint density at radius 1 is 1.16 bits per heavy atom. The van der Waals surface area contributed by atoms with E-state index in [4.69, 9.17) is 0 Å². The van der Waals surface area contributed by atoms with Gasteiger partial charge in [-0.3, -0.25) is 0 Å². The minimum atomic E-state index is -0.317. The lowest BCUT2D eigenvalue weighted by molar-refractivity contribution is 0.224. The van der Waals surface area contributed by atoms with Crippen molar-refractivity contribution in [1.29, 1.82) is 0 Å². The second-order valence-corrected chi connectivity index (χ2v) is 6.22. The number of aliphatic hydroxyl groups excluding tert-OH is 1. The fraction of sp³-hybridized carbons (Fsp3) is 0.444. The first-order valence-corrected chi connectivity index (χ1v) is 7.08. The molecule has 1 heteroatoms. The van der Waals surface area contributed by atoms with E-state index in [0.29, 0.717) is 5.92 Å². The van der Waals surface area contributed by atoms with Gasteiger partial charge < -0.3 is 5.11 Å². The minimum Gasteiger partial charge on any atom is -0.389 e. The van der Waals surface area contributed by atoms with Crippen molar-refractivity contribution in [3.05, 3.63) is 59.2 Å². The van der Waals surface area contributed by atoms with Gasteiger partial charge in [0.25, 0.3) is 0 Å². The third kappa shape index (κ3) is 2.98. The standard InChI is InChI=1S/C18H24O/c1-13(2)14-5-7-15(8-6-14)18(3,4)16-9-11-17(19)12-10-16/h5-11,13,17,19H,12H2,1-4H3. The predicted octanol–water partition coefficient (Wildman–Crippen LogP) is 4.33. The fourth-order valence-corrected chi connectivity index (χ4v) is 2.52. The summed E-state index contributed by atoms with van der Waals surface area (Å²) in [5, 5.41) is 9.53. The van der Waals surface area contributed by atoms with Crippen LogP contribution in [0, 0.1) is 0 Å². The Labute approximate surface area is 116 Å². The zero-order valence-corrected chi connectivity index (χ0v) is 12.4. The van der Waals surface area contributed by atoms with Crippen molar-refractivity contribution in [3.63, 3.8) is 0 Å². The van der Waals surface area contributed by atoms with Crippen LogP contribution < -0.4 is 0 Å². The highest BCUT2D eigenvalue weighted by atomic mass is 16.3. The summed E-state index contributed by atoms with van der Waals surface area (Å²) in [6.45, 7) is 8.92. The summed E-state index contributed by atoms with van der Waals surface area (Å²) >= 11 is 0. The third-order valence-electron chi connectivity index (χ3n) is 4.10. The molecule has 19 heavy (non-hydrogen) atoms. The molecule has 0 heterocycles. The summed E-state index contributed by atoms with van der Waals surface area (Å²) in [6, 6.07) is 8.91. The van der Waals surface area contributed by atoms with Crippen molar-refractivity contribution in [3.8, 4) is 0 Å². The van der Waals surface area contributed by atoms with E-state index in [1.807, 2.05) is 6.08 Å². The zero-order chi connectivity index (χ0) is 14.0. The Morgan fingerprint density at radius 3 is 2.26 bits per heavy atom. The van der Waals surface area contributed by atoms with Crippen LogP contribution in [0.3, 0.4) is 0 Å². The number of allylic oxidation sites excluding steroid dienone is 2. The van der Waals surface area contributed by atoms with Crippen LogP contribution in [0.15, 0.2) is 48.1 Å². The molecule has 1 aromatic carbocycles. The van der Waals surface area contributed by atoms with Gasteiger partial charge in [0.2, 0.25) is 0 Å². The maximum absolute atomic E-state index is 9.53. The van der Waals surface area contributed by atoms with Gasteiger partial charge in [0.15, 0.2) is 0 Å². The van der Waals surface area contributed by atoms with E-state index in [2.05, 4.69) is 64.1 Å². The Kier molecular flexibility index (Phi) is 3.96. The SMILES string of the molecule is CC(C)c1ccc(C(C)(C)C2=CCC(O)C=C2)cc1. The molecule has 0 saturated carbocycles. The van der Waals surface area contributed by atoms with E-state index in [-0.39, 0.29) is 11.5 Å². The Hall–Kier alpha value is -1.34. The van der Waals surface area contributed by atoms with Crippen LogP contribution >= 0.6 is 0 Å². The predicted molar refractivity (Wildman–Crippen MR) is 81.4 cm³/mol. The van der Waals surface area contributed by atoms with Crippen molar-refractivity contribution >= 4 is 0 Å². The molecule has 1 aliphatic rings. The van der Waals surface area contributed by atoms with Crippen LogP contribution in [0.25, 0.3) is 0 Å². The lowest BCUT2D eigenvalue weighted by Gasteiger charge is -2.29. The van der Waals surface area contributed by atoms with Gasteiger partial charge in [0, 0.05) is 5.41 Å². The second-order valence-electron chi connectivity index (χ2n) is 6.22. The molecule has 0 spiro atoms. The molecule has 0 saturated heterocycles. The molecule has 0 aromatic heterocycles. The van der Waals surface area contributed by atoms with Gasteiger partial charge in [-0.25, -0.2) is 0 Å². The van der Waals surface area contributed by atoms with E-state index in [9.17, 15) is 5.11 Å². The lowest BCUT2D eigenvalue weighted by atomic mass is 9.75. The van der Waals surface area contributed by atoms with E-state index < -0.39 is 0 Å². The van der Waals surface area contributed by atoms with Gasteiger partial charge in [-0.1, -0.05) is 70.2 Å². The summed E-state index contributed by atoms with van der Waals surface area (Å²) < 4.78 is 0. The summed E-state index contributed by atoms with van der Waals surface area (Å²) in [5.74, 6) is 0.570. The van der Waals surface area contributed by atoms with E-state index in [1.165, 1.54) is 16.7 Å². The molecule has 0 fully saturated rings. The number of benzene rings is 1. The minimum absolute atomic E-state index is 0.00779. The molecular weight excluding hydrogens is 232 g/mol. The molecule has 0 bridgehead atoms. The molecule has 1 nitrogen and oxygen atoms in total. The Morgan fingerprint density at radius 2 is 1.79 bits per heavy atom. The highest BCUT2D eigenvalue weighted by Gasteiger charge is 2.25. The average molecular weight is 256 g/mol. The number of rotatable bonds is 3. The van der Waals surface area contributed by atoms with E-state index in [0.717, 1.165) is 6.42 Å². The number of hydrogen-bond acceptors (Lipinski definition) is 1. The summed E-state index contributed by atoms with van der Waals surface area (Å²) in [7, 11) is 0. The van der Waals surface area contributed by atoms with Gasteiger partial charge in [-0.15, -0.1) is 0 Å². The monoisotopic (exact) mass is 256 g/mol. The Bertz CT molecular complexity index is 489. The van der Waals surface area contributed by atoms with Crippen molar-refractivity contribution in [2.75, 3.05) is 0 Å². The number of hydrogen-bond donors (Lipinski definition) is 1. The Balaban J connectivity index is 2.27. The first kappa shape index (κ1) is 14.1. The molecule has 102 valence electrons. The topological polar surface area (TPSA) is 20.2 Å². The van der Waals surface area contributed by atoms with Crippen LogP contribution in [-0.4, -0.2) is 11.2 Å². The summed E-state index contributed by atoms with van der Waals surface area (Å²) in [6.07, 6.45) is 6.51. The van der Waals surface area contributed by atoms with Crippen molar-refractivity contribution < 1.29 is 5.11 Å². The molecule has 1 aromatic rings. The molecule has 0 radical (unpaired) electrons. The molecule has 1 aliphatic carbocycles. The van der Waals surface area contributed by atoms with Crippen molar-refractivity contribution in [2.24, 2.45) is 0 Å². The maximum atomic E-state index is 9.53. The molecule has 1 unspecified atom stereocenters. The summed E-state index contributed by atoms with van der Waals surface area (Å²) in [4.78, 5) is 0. The van der Waals surface area contributed by atoms with Crippen LogP contribution in [-0.2, 0) is 5.41 Å². The van der Waals surface area contributed by atoms with E-state index >= 15 is 0 Å². The average Bonchev–Trinajstić information content (AvgIpc) is 2.39. The smallest absolute Gasteiger partial charge is 0.0758 e. The largest absolute Gasteiger partial charge is 0.389 e. The van der Waals surface area contributed by atoms with Gasteiger partial charge >= 0.3 is 0 Å². The van der Waals surface area contributed by atoms with Crippen LogP contribution in [0.4, 0.5) is 0 Å². The molecule has 1 atom stereocenters. The zero-order valence-electron chi connectivity index (χ0n) is 12.4. The molecular formula is C18H24O. The molecule has 0 aliphatic heterocycles. The van der Waals surface area contributed by atoms with Crippen molar-refractivity contribution in [1.82, 2.24) is 0 Å². The highest BCUT2D eigenvalue weighted by Crippen LogP contribution is 2.34. The first-order chi connectivity index (χ1) is 8.91. The lowest BCUT2D eigenvalue weighted by Crippen LogP contribution is -2.21. The quantitative estimate of drug-likeness (QED) is 0.853. The maximum Gasteiger partial charge on any atom is 0.0758 e. The molecule has 2 rings (SSSR count). The highest BCUT2D eigenvalue weighted by molar-refractivity contribution is 5.42. The molecule has 0 amide bonds. The molecule has 1 N–H and O–H groups in total. The van der Waals surface area contributed by atoms with Crippen LogP contribution in [0.2, 0.25) is 0 Å². The number of aliphatic hydroxyl groups is 1. The normalized spacial score (nSPS) is 19.7. The first-order valence-electron chi connectivity index (χ1n) is 7.08. The fourth-order valence-electron chi connectivity index (χ4n) is 2.52. The van der Waals surface area contributed by atoms with Gasteiger partial charge in [-0.05, 0) is 29.0 Å². The third-order valence-corrected chi connectivity index (χ3v) is 4.10.